The van der Waals surface area contributed by atoms with Gasteiger partial charge in [-0.15, -0.1) is 0 Å². The number of nitrogens with zero attached hydrogens (tertiary/aromatic N) is 2. The molecule has 0 aliphatic carbocycles. The summed E-state index contributed by atoms with van der Waals surface area (Å²) in [5.74, 6) is 1.10. The second-order valence-corrected chi connectivity index (χ2v) is 5.32. The topological polar surface area (TPSA) is 105 Å². The molecule has 6 heteroatoms. The Morgan fingerprint density at radius 3 is 2.67 bits per heavy atom. The molecular weight excluding hydrogens is 264 g/mol. The Balaban J connectivity index is 2.07. The van der Waals surface area contributed by atoms with Gasteiger partial charge in [0.2, 0.25) is 0 Å². The summed E-state index contributed by atoms with van der Waals surface area (Å²) in [6.45, 7) is 3.94. The van der Waals surface area contributed by atoms with Gasteiger partial charge in [-0.05, 0) is 26.0 Å². The van der Waals surface area contributed by atoms with Gasteiger partial charge in [0.1, 0.15) is 17.4 Å². The van der Waals surface area contributed by atoms with E-state index in [4.69, 9.17) is 11.5 Å². The third kappa shape index (κ3) is 2.53. The standard InChI is InChI=1S/C15H18N6/c1-9-4-3-5-11(6-9)14-18-13(16)8-15(17,19-14)12-7-10(2)20-21-12/h3-8H,16-17H2,1-2H3,(H,18,19)(H,20,21). The first kappa shape index (κ1) is 13.4. The number of H-pyrrole nitrogens is 1. The summed E-state index contributed by atoms with van der Waals surface area (Å²) in [6, 6.07) is 9.86. The number of nitrogens with one attached hydrogen (secondary N) is 2. The fraction of sp³-hybridized carbons (Fsp3) is 0.200. The van der Waals surface area contributed by atoms with Crippen LogP contribution in [-0.4, -0.2) is 16.0 Å². The van der Waals surface area contributed by atoms with Gasteiger partial charge >= 0.3 is 0 Å². The Labute approximate surface area is 123 Å². The number of rotatable bonds is 2. The molecule has 6 N–H and O–H groups in total. The zero-order valence-electron chi connectivity index (χ0n) is 12.0. The molecule has 21 heavy (non-hydrogen) atoms. The van der Waals surface area contributed by atoms with Crippen molar-refractivity contribution in [1.29, 1.82) is 0 Å². The summed E-state index contributed by atoms with van der Waals surface area (Å²) in [4.78, 5) is 4.60. The summed E-state index contributed by atoms with van der Waals surface area (Å²) in [6.07, 6.45) is 1.67. The van der Waals surface area contributed by atoms with Gasteiger partial charge in [0, 0.05) is 17.3 Å². The van der Waals surface area contributed by atoms with E-state index < -0.39 is 5.66 Å². The summed E-state index contributed by atoms with van der Waals surface area (Å²) in [5, 5.41) is 10.1. The van der Waals surface area contributed by atoms with E-state index in [9.17, 15) is 0 Å². The van der Waals surface area contributed by atoms with Crippen LogP contribution in [0.5, 0.6) is 0 Å². The molecular formula is C15H18N6. The molecule has 6 nitrogen and oxygen atoms in total. The van der Waals surface area contributed by atoms with Crippen LogP contribution >= 0.6 is 0 Å². The number of benzene rings is 1. The van der Waals surface area contributed by atoms with Gasteiger partial charge in [-0.2, -0.15) is 5.10 Å². The van der Waals surface area contributed by atoms with Gasteiger partial charge in [-0.3, -0.25) is 10.8 Å². The monoisotopic (exact) mass is 282 g/mol. The zero-order valence-corrected chi connectivity index (χ0v) is 12.0. The highest BCUT2D eigenvalue weighted by molar-refractivity contribution is 6.00. The van der Waals surface area contributed by atoms with Crippen molar-refractivity contribution < 1.29 is 0 Å². The number of nitrogens with two attached hydrogens (primary N) is 2. The summed E-state index contributed by atoms with van der Waals surface area (Å²) >= 11 is 0. The second kappa shape index (κ2) is 4.75. The third-order valence-corrected chi connectivity index (χ3v) is 3.34. The predicted octanol–water partition coefficient (Wildman–Crippen LogP) is 0.988. The molecule has 0 spiro atoms. The van der Waals surface area contributed by atoms with Gasteiger partial charge in [-0.1, -0.05) is 23.8 Å². The highest BCUT2D eigenvalue weighted by Crippen LogP contribution is 2.24. The third-order valence-electron chi connectivity index (χ3n) is 3.34. The van der Waals surface area contributed by atoms with Crippen LogP contribution in [0.2, 0.25) is 0 Å². The smallest absolute Gasteiger partial charge is 0.177 e. The fourth-order valence-corrected chi connectivity index (χ4v) is 2.34. The van der Waals surface area contributed by atoms with E-state index in [1.807, 2.05) is 44.2 Å². The van der Waals surface area contributed by atoms with Gasteiger partial charge in [-0.25, -0.2) is 4.99 Å². The molecule has 3 rings (SSSR count). The van der Waals surface area contributed by atoms with Crippen molar-refractivity contribution in [3.8, 4) is 0 Å². The van der Waals surface area contributed by atoms with Crippen molar-refractivity contribution in [2.75, 3.05) is 0 Å². The van der Waals surface area contributed by atoms with E-state index in [2.05, 4.69) is 20.5 Å². The van der Waals surface area contributed by atoms with Crippen LogP contribution in [0.4, 0.5) is 0 Å². The molecule has 0 radical (unpaired) electrons. The fourth-order valence-electron chi connectivity index (χ4n) is 2.34. The van der Waals surface area contributed by atoms with Crippen LogP contribution in [0.25, 0.3) is 0 Å². The van der Waals surface area contributed by atoms with Crippen LogP contribution in [-0.2, 0) is 5.66 Å². The van der Waals surface area contributed by atoms with E-state index in [0.29, 0.717) is 17.4 Å². The number of amidine groups is 1. The lowest BCUT2D eigenvalue weighted by Crippen LogP contribution is -2.44. The molecule has 0 amide bonds. The SMILES string of the molecule is Cc1cccc(C2=NC(N)(c3cc(C)[nH]n3)C=C(N)N2)c1. The first-order valence-corrected chi connectivity index (χ1v) is 6.70. The quantitative estimate of drug-likeness (QED) is 0.659. The summed E-state index contributed by atoms with van der Waals surface area (Å²) in [7, 11) is 0. The van der Waals surface area contributed by atoms with Gasteiger partial charge < -0.3 is 11.1 Å². The van der Waals surface area contributed by atoms with Crippen molar-refractivity contribution in [2.45, 2.75) is 19.5 Å². The van der Waals surface area contributed by atoms with Crippen LogP contribution in [0.15, 0.2) is 47.2 Å². The Hall–Kier alpha value is -2.60. The Morgan fingerprint density at radius 1 is 1.19 bits per heavy atom. The van der Waals surface area contributed by atoms with Crippen molar-refractivity contribution in [3.05, 3.63) is 64.7 Å². The van der Waals surface area contributed by atoms with E-state index in [1.54, 1.807) is 6.08 Å². The minimum absolute atomic E-state index is 0.463. The molecule has 0 fully saturated rings. The Kier molecular flexibility index (Phi) is 3.03. The molecule has 2 heterocycles. The van der Waals surface area contributed by atoms with Crippen LogP contribution in [0.3, 0.4) is 0 Å². The van der Waals surface area contributed by atoms with Crippen molar-refractivity contribution >= 4 is 5.84 Å². The average Bonchev–Trinajstić information content (AvgIpc) is 2.85. The predicted molar refractivity (Wildman–Crippen MR) is 82.3 cm³/mol. The number of hydrogen-bond donors (Lipinski definition) is 4. The van der Waals surface area contributed by atoms with Gasteiger partial charge in [0.15, 0.2) is 5.66 Å². The zero-order chi connectivity index (χ0) is 15.0. The molecule has 0 saturated heterocycles. The minimum Gasteiger partial charge on any atom is -0.385 e. The van der Waals surface area contributed by atoms with E-state index in [-0.39, 0.29) is 0 Å². The second-order valence-electron chi connectivity index (χ2n) is 5.32. The van der Waals surface area contributed by atoms with Crippen LogP contribution < -0.4 is 16.8 Å². The number of aromatic nitrogens is 2. The molecule has 1 atom stereocenters. The lowest BCUT2D eigenvalue weighted by atomic mass is 10.0. The summed E-state index contributed by atoms with van der Waals surface area (Å²) in [5.41, 5.74) is 14.9. The Bertz CT molecular complexity index is 742. The number of hydrogen-bond acceptors (Lipinski definition) is 5. The lowest BCUT2D eigenvalue weighted by molar-refractivity contribution is 0.553. The molecule has 1 aromatic heterocycles. The number of aryl methyl sites for hydroxylation is 2. The van der Waals surface area contributed by atoms with E-state index >= 15 is 0 Å². The normalized spacial score (nSPS) is 21.5. The highest BCUT2D eigenvalue weighted by Gasteiger charge is 2.31. The highest BCUT2D eigenvalue weighted by atomic mass is 15.2. The van der Waals surface area contributed by atoms with Gasteiger partial charge in [0.05, 0.1) is 0 Å². The van der Waals surface area contributed by atoms with E-state index in [1.165, 1.54) is 0 Å². The average molecular weight is 282 g/mol. The van der Waals surface area contributed by atoms with Crippen LogP contribution in [0.1, 0.15) is 22.5 Å². The largest absolute Gasteiger partial charge is 0.385 e. The summed E-state index contributed by atoms with van der Waals surface area (Å²) < 4.78 is 0. The molecule has 0 saturated carbocycles. The van der Waals surface area contributed by atoms with Crippen LogP contribution in [0, 0.1) is 13.8 Å². The number of aromatic amines is 1. The lowest BCUT2D eigenvalue weighted by Gasteiger charge is -2.27. The maximum absolute atomic E-state index is 6.38. The molecule has 1 unspecified atom stereocenters. The van der Waals surface area contributed by atoms with Crippen molar-refractivity contribution in [2.24, 2.45) is 16.5 Å². The molecule has 1 aliphatic rings. The number of aliphatic imine (C=N–C) groups is 1. The van der Waals surface area contributed by atoms with Crippen molar-refractivity contribution in [3.63, 3.8) is 0 Å². The van der Waals surface area contributed by atoms with E-state index in [0.717, 1.165) is 16.8 Å². The molecule has 108 valence electrons. The Morgan fingerprint density at radius 2 is 2.00 bits per heavy atom. The minimum atomic E-state index is -1.07. The first-order chi connectivity index (χ1) is 9.96. The maximum Gasteiger partial charge on any atom is 0.177 e. The molecule has 2 aromatic rings. The first-order valence-electron chi connectivity index (χ1n) is 6.70. The van der Waals surface area contributed by atoms with Crippen molar-refractivity contribution in [1.82, 2.24) is 15.5 Å². The molecule has 0 bridgehead atoms. The molecule has 1 aromatic carbocycles. The molecule has 1 aliphatic heterocycles. The van der Waals surface area contributed by atoms with Gasteiger partial charge in [0.25, 0.3) is 0 Å². The maximum atomic E-state index is 6.38.